The molecule has 2 aromatic rings. The van der Waals surface area contributed by atoms with E-state index in [1.165, 1.54) is 19.1 Å². The molecule has 2 aromatic carbocycles. The van der Waals surface area contributed by atoms with E-state index in [1.54, 1.807) is 56.3 Å². The molecule has 206 valence electrons. The number of benzene rings is 2. The number of hydrogen-bond acceptors (Lipinski definition) is 7. The zero-order valence-electron chi connectivity index (χ0n) is 21.6. The molecule has 0 spiro atoms. The van der Waals surface area contributed by atoms with Gasteiger partial charge in [-0.1, -0.05) is 56.3 Å². The topological polar surface area (TPSA) is 191 Å². The first-order valence-corrected chi connectivity index (χ1v) is 12.3. The summed E-state index contributed by atoms with van der Waals surface area (Å²) in [6.07, 6.45) is -1.09. The predicted octanol–water partition coefficient (Wildman–Crippen LogP) is 0.0805. The summed E-state index contributed by atoms with van der Waals surface area (Å²) in [7, 11) is 0. The average molecular weight is 529 g/mol. The Morgan fingerprint density at radius 1 is 0.763 bits per heavy atom. The van der Waals surface area contributed by atoms with Crippen LogP contribution in [0.4, 0.5) is 0 Å². The van der Waals surface area contributed by atoms with Crippen LogP contribution in [0.1, 0.15) is 31.9 Å². The number of aromatic hydroxyl groups is 1. The van der Waals surface area contributed by atoms with Crippen LogP contribution in [-0.2, 0) is 32.0 Å². The number of phenols is 1. The second-order valence-corrected chi connectivity index (χ2v) is 9.52. The van der Waals surface area contributed by atoms with Gasteiger partial charge in [-0.15, -0.1) is 0 Å². The summed E-state index contributed by atoms with van der Waals surface area (Å²) in [5.74, 6) is -3.76. The second-order valence-electron chi connectivity index (χ2n) is 9.52. The first-order valence-electron chi connectivity index (χ1n) is 12.3. The Labute approximate surface area is 221 Å². The molecule has 11 heteroatoms. The number of aliphatic hydroxyl groups excluding tert-OH is 1. The van der Waals surface area contributed by atoms with E-state index >= 15 is 0 Å². The Morgan fingerprint density at radius 2 is 1.29 bits per heavy atom. The summed E-state index contributed by atoms with van der Waals surface area (Å²) in [4.78, 5) is 50.8. The Hall–Kier alpha value is -3.96. The third-order valence-electron chi connectivity index (χ3n) is 5.98. The molecule has 0 aliphatic heterocycles. The zero-order chi connectivity index (χ0) is 28.4. The molecule has 0 saturated carbocycles. The van der Waals surface area contributed by atoms with Crippen LogP contribution < -0.4 is 21.7 Å². The Bertz CT molecular complexity index is 1090. The summed E-state index contributed by atoms with van der Waals surface area (Å²) < 4.78 is 0. The number of carboxylic acids is 1. The first kappa shape index (κ1) is 30.3. The van der Waals surface area contributed by atoms with Crippen molar-refractivity contribution >= 4 is 23.7 Å². The van der Waals surface area contributed by atoms with Crippen molar-refractivity contribution in [3.63, 3.8) is 0 Å². The van der Waals surface area contributed by atoms with Gasteiger partial charge < -0.3 is 37.0 Å². The summed E-state index contributed by atoms with van der Waals surface area (Å²) >= 11 is 0. The SMILES string of the molecule is CC(C)C(NC(=O)C(Cc1ccccc1)NC(=O)C(N)C(C)O)C(=O)NC(Cc1ccc(O)cc1)C(=O)O. The minimum absolute atomic E-state index is 0.0267. The van der Waals surface area contributed by atoms with Gasteiger partial charge in [-0.25, -0.2) is 4.79 Å². The highest BCUT2D eigenvalue weighted by atomic mass is 16.4. The molecule has 0 aliphatic carbocycles. The number of carboxylic acid groups (broad SMARTS) is 1. The molecule has 0 aromatic heterocycles. The third kappa shape index (κ3) is 9.16. The molecule has 0 bridgehead atoms. The smallest absolute Gasteiger partial charge is 0.326 e. The fourth-order valence-electron chi connectivity index (χ4n) is 3.66. The lowest BCUT2D eigenvalue weighted by Gasteiger charge is -2.27. The van der Waals surface area contributed by atoms with Crippen LogP contribution in [-0.4, -0.2) is 69.3 Å². The minimum atomic E-state index is -1.28. The van der Waals surface area contributed by atoms with Crippen molar-refractivity contribution in [1.29, 1.82) is 0 Å². The van der Waals surface area contributed by atoms with E-state index < -0.39 is 59.9 Å². The van der Waals surface area contributed by atoms with Gasteiger partial charge in [0.1, 0.15) is 29.9 Å². The van der Waals surface area contributed by atoms with Crippen molar-refractivity contribution in [3.8, 4) is 5.75 Å². The number of hydrogen-bond donors (Lipinski definition) is 7. The van der Waals surface area contributed by atoms with Crippen molar-refractivity contribution in [2.75, 3.05) is 0 Å². The number of amides is 3. The lowest BCUT2D eigenvalue weighted by molar-refractivity contribution is -0.142. The fourth-order valence-corrected chi connectivity index (χ4v) is 3.66. The number of phenolic OH excluding ortho intramolecular Hbond substituents is 1. The largest absolute Gasteiger partial charge is 0.508 e. The zero-order valence-corrected chi connectivity index (χ0v) is 21.6. The van der Waals surface area contributed by atoms with Crippen LogP contribution >= 0.6 is 0 Å². The highest BCUT2D eigenvalue weighted by Crippen LogP contribution is 2.12. The summed E-state index contributed by atoms with van der Waals surface area (Å²) in [5.41, 5.74) is 7.05. The van der Waals surface area contributed by atoms with Crippen molar-refractivity contribution in [2.24, 2.45) is 11.7 Å². The van der Waals surface area contributed by atoms with E-state index in [4.69, 9.17) is 5.73 Å². The summed E-state index contributed by atoms with van der Waals surface area (Å²) in [5, 5.41) is 36.4. The molecule has 38 heavy (non-hydrogen) atoms. The second kappa shape index (κ2) is 14.1. The molecule has 8 N–H and O–H groups in total. The van der Waals surface area contributed by atoms with Crippen molar-refractivity contribution in [1.82, 2.24) is 16.0 Å². The van der Waals surface area contributed by atoms with Gasteiger partial charge in [-0.3, -0.25) is 14.4 Å². The van der Waals surface area contributed by atoms with Crippen LogP contribution in [0.25, 0.3) is 0 Å². The van der Waals surface area contributed by atoms with E-state index in [9.17, 15) is 34.5 Å². The standard InChI is InChI=1S/C27H36N4O7/c1-15(2)23(26(36)30-21(27(37)38)14-18-9-11-19(33)12-10-18)31-24(34)20(13-17-7-5-4-6-8-17)29-25(35)22(28)16(3)32/h4-12,15-16,20-23,32-33H,13-14,28H2,1-3H3,(H,29,35)(H,30,36)(H,31,34)(H,37,38). The van der Waals surface area contributed by atoms with Gasteiger partial charge in [0, 0.05) is 12.8 Å². The molecular formula is C27H36N4O7. The van der Waals surface area contributed by atoms with Crippen LogP contribution in [0.2, 0.25) is 0 Å². The number of carbonyl (C=O) groups excluding carboxylic acids is 3. The van der Waals surface area contributed by atoms with E-state index in [-0.39, 0.29) is 18.6 Å². The fraction of sp³-hybridized carbons (Fsp3) is 0.407. The van der Waals surface area contributed by atoms with Gasteiger partial charge >= 0.3 is 5.97 Å². The van der Waals surface area contributed by atoms with Crippen molar-refractivity contribution < 1.29 is 34.5 Å². The molecule has 0 aliphatic rings. The molecule has 3 amide bonds. The quantitative estimate of drug-likeness (QED) is 0.190. The maximum Gasteiger partial charge on any atom is 0.326 e. The van der Waals surface area contributed by atoms with Crippen molar-refractivity contribution in [3.05, 3.63) is 65.7 Å². The normalized spacial score (nSPS) is 15.0. The molecule has 0 heterocycles. The van der Waals surface area contributed by atoms with E-state index in [1.807, 2.05) is 0 Å². The average Bonchev–Trinajstić information content (AvgIpc) is 2.87. The van der Waals surface area contributed by atoms with Gasteiger partial charge in [-0.2, -0.15) is 0 Å². The lowest BCUT2D eigenvalue weighted by atomic mass is 9.99. The van der Waals surface area contributed by atoms with E-state index in [2.05, 4.69) is 16.0 Å². The van der Waals surface area contributed by atoms with Gasteiger partial charge in [0.05, 0.1) is 6.10 Å². The van der Waals surface area contributed by atoms with Gasteiger partial charge in [0.15, 0.2) is 0 Å². The van der Waals surface area contributed by atoms with Crippen LogP contribution in [0.5, 0.6) is 5.75 Å². The molecule has 5 unspecified atom stereocenters. The first-order chi connectivity index (χ1) is 17.9. The van der Waals surface area contributed by atoms with Crippen LogP contribution in [0.15, 0.2) is 54.6 Å². The number of nitrogens with one attached hydrogen (secondary N) is 3. The van der Waals surface area contributed by atoms with Gasteiger partial charge in [-0.05, 0) is 36.1 Å². The summed E-state index contributed by atoms with van der Waals surface area (Å²) in [6, 6.07) is 10.1. The molecule has 11 nitrogen and oxygen atoms in total. The number of carbonyl (C=O) groups is 4. The van der Waals surface area contributed by atoms with E-state index in [0.29, 0.717) is 5.56 Å². The highest BCUT2D eigenvalue weighted by molar-refractivity contribution is 5.94. The third-order valence-corrected chi connectivity index (χ3v) is 5.98. The highest BCUT2D eigenvalue weighted by Gasteiger charge is 2.32. The Kier molecular flexibility index (Phi) is 11.2. The Morgan fingerprint density at radius 3 is 1.82 bits per heavy atom. The minimum Gasteiger partial charge on any atom is -0.508 e. The van der Waals surface area contributed by atoms with Crippen molar-refractivity contribution in [2.45, 2.75) is 63.9 Å². The lowest BCUT2D eigenvalue weighted by Crippen LogP contribution is -2.59. The van der Waals surface area contributed by atoms with Crippen LogP contribution in [0.3, 0.4) is 0 Å². The number of nitrogens with two attached hydrogens (primary N) is 1. The number of aliphatic carboxylic acids is 1. The Balaban J connectivity index is 2.19. The molecule has 5 atom stereocenters. The molecule has 0 fully saturated rings. The molecule has 0 radical (unpaired) electrons. The molecule has 2 rings (SSSR count). The molecule has 0 saturated heterocycles. The summed E-state index contributed by atoms with van der Waals surface area (Å²) in [6.45, 7) is 4.73. The van der Waals surface area contributed by atoms with Gasteiger partial charge in [0.2, 0.25) is 17.7 Å². The predicted molar refractivity (Wildman–Crippen MR) is 140 cm³/mol. The number of aliphatic hydroxyl groups is 1. The maximum absolute atomic E-state index is 13.3. The van der Waals surface area contributed by atoms with Crippen LogP contribution in [0, 0.1) is 5.92 Å². The molecular weight excluding hydrogens is 492 g/mol. The van der Waals surface area contributed by atoms with Gasteiger partial charge in [0.25, 0.3) is 0 Å². The monoisotopic (exact) mass is 528 g/mol. The van der Waals surface area contributed by atoms with E-state index in [0.717, 1.165) is 5.56 Å². The number of rotatable bonds is 13. The maximum atomic E-state index is 13.3.